The monoisotopic (exact) mass is 292 g/mol. The molecule has 0 aromatic heterocycles. The number of hydrogen-bond donors (Lipinski definition) is 1. The second-order valence-electron chi connectivity index (χ2n) is 8.23. The summed E-state index contributed by atoms with van der Waals surface area (Å²) in [5.41, 5.74) is 0. The van der Waals surface area contributed by atoms with E-state index in [-0.39, 0.29) is 0 Å². The van der Waals surface area contributed by atoms with E-state index < -0.39 is 0 Å². The van der Waals surface area contributed by atoms with Gasteiger partial charge in [-0.25, -0.2) is 0 Å². The van der Waals surface area contributed by atoms with Crippen LogP contribution in [0.5, 0.6) is 0 Å². The average Bonchev–Trinajstić information content (AvgIpc) is 3.11. The lowest BCUT2D eigenvalue weighted by Gasteiger charge is -2.44. The number of hydrogen-bond acceptors (Lipinski definition) is 2. The molecular weight excluding hydrogens is 256 g/mol. The van der Waals surface area contributed by atoms with Crippen LogP contribution in [0.15, 0.2) is 0 Å². The molecule has 0 aromatic rings. The van der Waals surface area contributed by atoms with Gasteiger partial charge in [-0.3, -0.25) is 4.90 Å². The third kappa shape index (κ3) is 3.47. The smallest absolute Gasteiger partial charge is 0.0221 e. The highest BCUT2D eigenvalue weighted by Crippen LogP contribution is 2.48. The van der Waals surface area contributed by atoms with Gasteiger partial charge in [-0.05, 0) is 49.4 Å². The Kier molecular flexibility index (Phi) is 5.27. The Morgan fingerprint density at radius 3 is 2.67 bits per heavy atom. The Bertz CT molecular complexity index is 330. The van der Waals surface area contributed by atoms with Crippen LogP contribution in [0, 0.1) is 23.7 Å². The summed E-state index contributed by atoms with van der Waals surface area (Å²) in [5, 5.41) is 3.85. The number of rotatable bonds is 6. The lowest BCUT2D eigenvalue weighted by Crippen LogP contribution is -2.59. The summed E-state index contributed by atoms with van der Waals surface area (Å²) in [6, 6.07) is 1.52. The van der Waals surface area contributed by atoms with Crippen molar-refractivity contribution in [2.45, 2.75) is 77.8 Å². The van der Waals surface area contributed by atoms with Crippen LogP contribution in [-0.2, 0) is 0 Å². The first-order valence-corrected chi connectivity index (χ1v) is 9.68. The maximum atomic E-state index is 3.85. The van der Waals surface area contributed by atoms with Gasteiger partial charge in [-0.1, -0.05) is 40.0 Å². The first kappa shape index (κ1) is 15.8. The van der Waals surface area contributed by atoms with Crippen molar-refractivity contribution in [3.05, 3.63) is 0 Å². The van der Waals surface area contributed by atoms with Gasteiger partial charge in [0.25, 0.3) is 0 Å². The lowest BCUT2D eigenvalue weighted by molar-refractivity contribution is 0.0751. The summed E-state index contributed by atoms with van der Waals surface area (Å²) in [4.78, 5) is 2.89. The van der Waals surface area contributed by atoms with Crippen LogP contribution >= 0.6 is 0 Å². The average molecular weight is 293 g/mol. The zero-order valence-corrected chi connectivity index (χ0v) is 14.5. The van der Waals surface area contributed by atoms with E-state index in [1.807, 2.05) is 0 Å². The number of fused-ring (bicyclic) bond motifs is 2. The maximum absolute atomic E-state index is 3.85. The molecule has 122 valence electrons. The number of piperazine rings is 1. The zero-order chi connectivity index (χ0) is 14.8. The summed E-state index contributed by atoms with van der Waals surface area (Å²) >= 11 is 0. The molecular formula is C19H36N2. The molecule has 1 saturated heterocycles. The third-order valence-corrected chi connectivity index (χ3v) is 6.87. The molecule has 2 aliphatic carbocycles. The van der Waals surface area contributed by atoms with Gasteiger partial charge in [0.1, 0.15) is 0 Å². The molecule has 21 heavy (non-hydrogen) atoms. The van der Waals surface area contributed by atoms with E-state index in [1.54, 1.807) is 12.8 Å². The highest BCUT2D eigenvalue weighted by Gasteiger charge is 2.41. The van der Waals surface area contributed by atoms with Crippen LogP contribution in [0.4, 0.5) is 0 Å². The largest absolute Gasteiger partial charge is 0.311 e. The molecule has 1 aliphatic heterocycles. The van der Waals surface area contributed by atoms with Crippen LogP contribution in [-0.4, -0.2) is 36.6 Å². The van der Waals surface area contributed by atoms with Crippen LogP contribution in [0.2, 0.25) is 0 Å². The second kappa shape index (κ2) is 7.00. The molecule has 0 spiro atoms. The molecule has 2 heteroatoms. The Balaban J connectivity index is 1.60. The summed E-state index contributed by atoms with van der Waals surface area (Å²) in [7, 11) is 0. The number of nitrogens with zero attached hydrogens (tertiary/aromatic N) is 1. The molecule has 0 aromatic carbocycles. The fourth-order valence-electron chi connectivity index (χ4n) is 5.29. The van der Waals surface area contributed by atoms with Crippen molar-refractivity contribution < 1.29 is 0 Å². The van der Waals surface area contributed by atoms with Crippen LogP contribution in [0.3, 0.4) is 0 Å². The molecule has 2 saturated carbocycles. The van der Waals surface area contributed by atoms with Gasteiger partial charge in [0.05, 0.1) is 0 Å². The van der Waals surface area contributed by atoms with Gasteiger partial charge in [0.15, 0.2) is 0 Å². The van der Waals surface area contributed by atoms with Crippen LogP contribution < -0.4 is 5.32 Å². The van der Waals surface area contributed by atoms with Crippen LogP contribution in [0.25, 0.3) is 0 Å². The molecule has 2 bridgehead atoms. The minimum atomic E-state index is 0.724. The predicted octanol–water partition coefficient (Wildman–Crippen LogP) is 3.91. The van der Waals surface area contributed by atoms with Gasteiger partial charge >= 0.3 is 0 Å². The van der Waals surface area contributed by atoms with E-state index in [0.717, 1.165) is 35.8 Å². The van der Waals surface area contributed by atoms with E-state index in [9.17, 15) is 0 Å². The van der Waals surface area contributed by atoms with E-state index in [4.69, 9.17) is 0 Å². The summed E-state index contributed by atoms with van der Waals surface area (Å²) in [6.07, 6.45) is 10.2. The molecule has 0 amide bonds. The standard InChI is InChI=1S/C19H36N2/c1-4-6-18-11-20-19(14(3)5-2)13-21(18)12-17-10-15-7-8-16(17)9-15/h14-20H,4-13H2,1-3H3. The van der Waals surface area contributed by atoms with E-state index in [1.165, 1.54) is 51.7 Å². The molecule has 3 fully saturated rings. The van der Waals surface area contributed by atoms with E-state index >= 15 is 0 Å². The first-order chi connectivity index (χ1) is 10.2. The van der Waals surface area contributed by atoms with Crippen molar-refractivity contribution in [2.24, 2.45) is 23.7 Å². The Hall–Kier alpha value is -0.0800. The Morgan fingerprint density at radius 2 is 2.05 bits per heavy atom. The SMILES string of the molecule is CCCC1CNC(C(C)CC)CN1CC1CC2CCC1C2. The van der Waals surface area contributed by atoms with Gasteiger partial charge < -0.3 is 5.32 Å². The Labute approximate surface area is 132 Å². The molecule has 6 atom stereocenters. The summed E-state index contributed by atoms with van der Waals surface area (Å²) in [5.74, 6) is 4.01. The van der Waals surface area contributed by atoms with Crippen molar-refractivity contribution in [3.8, 4) is 0 Å². The topological polar surface area (TPSA) is 15.3 Å². The normalized spacial score (nSPS) is 41.6. The predicted molar refractivity (Wildman–Crippen MR) is 90.5 cm³/mol. The van der Waals surface area contributed by atoms with Crippen molar-refractivity contribution in [3.63, 3.8) is 0 Å². The molecule has 3 rings (SSSR count). The maximum Gasteiger partial charge on any atom is 0.0221 e. The van der Waals surface area contributed by atoms with Crippen molar-refractivity contribution in [2.75, 3.05) is 19.6 Å². The zero-order valence-electron chi connectivity index (χ0n) is 14.5. The van der Waals surface area contributed by atoms with Crippen molar-refractivity contribution in [1.29, 1.82) is 0 Å². The molecule has 1 heterocycles. The van der Waals surface area contributed by atoms with Crippen molar-refractivity contribution in [1.82, 2.24) is 10.2 Å². The van der Waals surface area contributed by atoms with Gasteiger partial charge in [-0.2, -0.15) is 0 Å². The lowest BCUT2D eigenvalue weighted by atomic mass is 9.87. The third-order valence-electron chi connectivity index (χ3n) is 6.87. The minimum Gasteiger partial charge on any atom is -0.311 e. The van der Waals surface area contributed by atoms with E-state index in [0.29, 0.717) is 0 Å². The first-order valence-electron chi connectivity index (χ1n) is 9.68. The van der Waals surface area contributed by atoms with Gasteiger partial charge in [0, 0.05) is 31.7 Å². The van der Waals surface area contributed by atoms with E-state index in [2.05, 4.69) is 31.0 Å². The highest BCUT2D eigenvalue weighted by atomic mass is 15.2. The van der Waals surface area contributed by atoms with Crippen LogP contribution in [0.1, 0.15) is 65.7 Å². The molecule has 3 aliphatic rings. The van der Waals surface area contributed by atoms with Gasteiger partial charge in [-0.15, -0.1) is 0 Å². The molecule has 1 N–H and O–H groups in total. The Morgan fingerprint density at radius 1 is 1.19 bits per heavy atom. The second-order valence-corrected chi connectivity index (χ2v) is 8.23. The number of nitrogens with one attached hydrogen (secondary N) is 1. The highest BCUT2D eigenvalue weighted by molar-refractivity contribution is 4.94. The molecule has 2 nitrogen and oxygen atoms in total. The fourth-order valence-corrected chi connectivity index (χ4v) is 5.29. The van der Waals surface area contributed by atoms with Crippen molar-refractivity contribution >= 4 is 0 Å². The molecule has 0 radical (unpaired) electrons. The summed E-state index contributed by atoms with van der Waals surface area (Å²) < 4.78 is 0. The molecule has 6 unspecified atom stereocenters. The summed E-state index contributed by atoms with van der Waals surface area (Å²) in [6.45, 7) is 11.0. The fraction of sp³-hybridized carbons (Fsp3) is 1.00. The minimum absolute atomic E-state index is 0.724. The van der Waals surface area contributed by atoms with Gasteiger partial charge in [0.2, 0.25) is 0 Å². The quantitative estimate of drug-likeness (QED) is 0.798.